The van der Waals surface area contributed by atoms with Crippen LogP contribution in [-0.2, 0) is 4.79 Å². The number of carbonyl (C=O) groups is 2. The maximum atomic E-state index is 13.1. The number of rotatable bonds is 3. The third-order valence-corrected chi connectivity index (χ3v) is 6.79. The number of amides is 2. The van der Waals surface area contributed by atoms with E-state index in [1.54, 1.807) is 17.0 Å². The molecule has 5 nitrogen and oxygen atoms in total. The van der Waals surface area contributed by atoms with Crippen LogP contribution in [0.25, 0.3) is 10.2 Å². The van der Waals surface area contributed by atoms with Gasteiger partial charge in [0, 0.05) is 32.1 Å². The molecule has 148 valence electrons. The SMILES string of the molecule is O=C(c1nc2ccccc2s1)N1CCN(C(=O)C2CC2c2ccc(F)cc2)CC1. The van der Waals surface area contributed by atoms with Crippen LogP contribution in [0.1, 0.15) is 27.7 Å². The molecule has 2 unspecified atom stereocenters. The number of piperazine rings is 1. The first-order valence-corrected chi connectivity index (χ1v) is 10.6. The predicted octanol–water partition coefficient (Wildman–Crippen LogP) is 3.52. The van der Waals surface area contributed by atoms with Crippen LogP contribution in [-0.4, -0.2) is 52.8 Å². The highest BCUT2D eigenvalue weighted by molar-refractivity contribution is 7.20. The fourth-order valence-electron chi connectivity index (χ4n) is 4.01. The number of fused-ring (bicyclic) bond motifs is 1. The largest absolute Gasteiger partial charge is 0.339 e. The minimum atomic E-state index is -0.258. The molecule has 1 aromatic heterocycles. The highest BCUT2D eigenvalue weighted by Gasteiger charge is 2.46. The summed E-state index contributed by atoms with van der Waals surface area (Å²) in [4.78, 5) is 33.7. The minimum Gasteiger partial charge on any atom is -0.339 e. The van der Waals surface area contributed by atoms with E-state index in [2.05, 4.69) is 4.98 Å². The number of hydrogen-bond acceptors (Lipinski definition) is 4. The smallest absolute Gasteiger partial charge is 0.282 e. The second kappa shape index (κ2) is 7.22. The quantitative estimate of drug-likeness (QED) is 0.665. The van der Waals surface area contributed by atoms with Crippen molar-refractivity contribution >= 4 is 33.4 Å². The van der Waals surface area contributed by atoms with Crippen molar-refractivity contribution in [3.8, 4) is 0 Å². The molecule has 3 aromatic rings. The average molecular weight is 409 g/mol. The summed E-state index contributed by atoms with van der Waals surface area (Å²) >= 11 is 1.41. The summed E-state index contributed by atoms with van der Waals surface area (Å²) in [5, 5.41) is 0.504. The van der Waals surface area contributed by atoms with Gasteiger partial charge in [-0.2, -0.15) is 0 Å². The molecule has 5 rings (SSSR count). The lowest BCUT2D eigenvalue weighted by Crippen LogP contribution is -2.51. The van der Waals surface area contributed by atoms with Gasteiger partial charge in [-0.1, -0.05) is 24.3 Å². The number of carbonyl (C=O) groups excluding carboxylic acids is 2. The van der Waals surface area contributed by atoms with Crippen molar-refractivity contribution in [2.75, 3.05) is 26.2 Å². The Labute approximate surface area is 171 Å². The summed E-state index contributed by atoms with van der Waals surface area (Å²) in [5.41, 5.74) is 1.87. The fraction of sp³-hybridized carbons (Fsp3) is 0.318. The van der Waals surface area contributed by atoms with Crippen molar-refractivity contribution in [3.63, 3.8) is 0 Å². The zero-order valence-electron chi connectivity index (χ0n) is 15.8. The molecule has 2 amide bonds. The molecule has 2 aromatic carbocycles. The minimum absolute atomic E-state index is 0.0213. The van der Waals surface area contributed by atoms with Crippen LogP contribution in [0.4, 0.5) is 4.39 Å². The molecule has 1 aliphatic carbocycles. The van der Waals surface area contributed by atoms with Gasteiger partial charge in [0.05, 0.1) is 10.2 Å². The van der Waals surface area contributed by atoms with E-state index in [9.17, 15) is 14.0 Å². The monoisotopic (exact) mass is 409 g/mol. The van der Waals surface area contributed by atoms with E-state index in [4.69, 9.17) is 0 Å². The lowest BCUT2D eigenvalue weighted by atomic mass is 10.1. The topological polar surface area (TPSA) is 53.5 Å². The Bertz CT molecular complexity index is 1040. The standard InChI is InChI=1S/C22H20FN3O2S/c23-15-7-5-14(6-8-15)16-13-17(16)21(27)25-9-11-26(12-10-25)22(28)20-24-18-3-1-2-4-19(18)29-20/h1-8,16-17H,9-13H2. The number of hydrogen-bond donors (Lipinski definition) is 0. The molecule has 1 aliphatic heterocycles. The van der Waals surface area contributed by atoms with Crippen molar-refractivity contribution in [1.29, 1.82) is 0 Å². The van der Waals surface area contributed by atoms with Crippen LogP contribution >= 0.6 is 11.3 Å². The molecule has 0 N–H and O–H groups in total. The summed E-state index contributed by atoms with van der Waals surface area (Å²) in [6.07, 6.45) is 0.815. The van der Waals surface area contributed by atoms with E-state index in [1.165, 1.54) is 23.5 Å². The molecule has 2 fully saturated rings. The van der Waals surface area contributed by atoms with Gasteiger partial charge in [0.15, 0.2) is 5.01 Å². The van der Waals surface area contributed by atoms with Gasteiger partial charge in [-0.05, 0) is 42.2 Å². The predicted molar refractivity (Wildman–Crippen MR) is 109 cm³/mol. The Balaban J connectivity index is 1.19. The van der Waals surface area contributed by atoms with Crippen molar-refractivity contribution < 1.29 is 14.0 Å². The van der Waals surface area contributed by atoms with Crippen LogP contribution < -0.4 is 0 Å². The molecule has 0 spiro atoms. The van der Waals surface area contributed by atoms with Gasteiger partial charge in [0.1, 0.15) is 5.82 Å². The van der Waals surface area contributed by atoms with Gasteiger partial charge in [0.2, 0.25) is 5.91 Å². The van der Waals surface area contributed by atoms with Gasteiger partial charge in [-0.15, -0.1) is 11.3 Å². The van der Waals surface area contributed by atoms with Crippen LogP contribution in [0.2, 0.25) is 0 Å². The van der Waals surface area contributed by atoms with Gasteiger partial charge < -0.3 is 9.80 Å². The Kier molecular flexibility index (Phi) is 4.54. The molecule has 29 heavy (non-hydrogen) atoms. The summed E-state index contributed by atoms with van der Waals surface area (Å²) in [6, 6.07) is 14.2. The number of halogens is 1. The molecule has 0 bridgehead atoms. The molecule has 1 saturated carbocycles. The number of thiazole rings is 1. The zero-order valence-corrected chi connectivity index (χ0v) is 16.6. The lowest BCUT2D eigenvalue weighted by molar-refractivity contribution is -0.134. The van der Waals surface area contributed by atoms with E-state index in [0.29, 0.717) is 31.2 Å². The second-order valence-corrected chi connectivity index (χ2v) is 8.64. The molecule has 2 aliphatic rings. The average Bonchev–Trinajstić information content (AvgIpc) is 3.43. The van der Waals surface area contributed by atoms with Gasteiger partial charge in [-0.3, -0.25) is 9.59 Å². The van der Waals surface area contributed by atoms with E-state index in [-0.39, 0.29) is 29.5 Å². The van der Waals surface area contributed by atoms with Gasteiger partial charge in [-0.25, -0.2) is 9.37 Å². The van der Waals surface area contributed by atoms with E-state index in [0.717, 1.165) is 22.2 Å². The third-order valence-electron chi connectivity index (χ3n) is 5.76. The summed E-state index contributed by atoms with van der Waals surface area (Å²) < 4.78 is 14.1. The highest BCUT2D eigenvalue weighted by atomic mass is 32.1. The first-order valence-electron chi connectivity index (χ1n) is 9.79. The molecule has 7 heteroatoms. The first kappa shape index (κ1) is 18.2. The molecular weight excluding hydrogens is 389 g/mol. The number of benzene rings is 2. The zero-order chi connectivity index (χ0) is 20.0. The van der Waals surface area contributed by atoms with Crippen molar-refractivity contribution in [1.82, 2.24) is 14.8 Å². The third kappa shape index (κ3) is 3.51. The summed E-state index contributed by atoms with van der Waals surface area (Å²) in [7, 11) is 0. The second-order valence-electron chi connectivity index (χ2n) is 7.60. The summed E-state index contributed by atoms with van der Waals surface area (Å²) in [6.45, 7) is 2.13. The highest BCUT2D eigenvalue weighted by Crippen LogP contribution is 2.48. The molecule has 2 heterocycles. The maximum absolute atomic E-state index is 13.1. The first-order chi connectivity index (χ1) is 14.1. The van der Waals surface area contributed by atoms with Crippen molar-refractivity contribution in [2.24, 2.45) is 5.92 Å². The van der Waals surface area contributed by atoms with E-state index in [1.807, 2.05) is 29.2 Å². The summed E-state index contributed by atoms with van der Waals surface area (Å²) in [5.74, 6) is -0.0102. The van der Waals surface area contributed by atoms with Crippen LogP contribution in [0, 0.1) is 11.7 Å². The Hall–Kier alpha value is -2.80. The molecule has 1 saturated heterocycles. The lowest BCUT2D eigenvalue weighted by Gasteiger charge is -2.34. The maximum Gasteiger partial charge on any atom is 0.282 e. The van der Waals surface area contributed by atoms with Crippen LogP contribution in [0.3, 0.4) is 0 Å². The van der Waals surface area contributed by atoms with E-state index < -0.39 is 0 Å². The normalized spacial score (nSPS) is 21.4. The van der Waals surface area contributed by atoms with Crippen molar-refractivity contribution in [2.45, 2.75) is 12.3 Å². The van der Waals surface area contributed by atoms with E-state index >= 15 is 0 Å². The molecule has 2 atom stereocenters. The molecule has 0 radical (unpaired) electrons. The van der Waals surface area contributed by atoms with Gasteiger partial charge >= 0.3 is 0 Å². The van der Waals surface area contributed by atoms with Crippen molar-refractivity contribution in [3.05, 3.63) is 64.9 Å². The van der Waals surface area contributed by atoms with Crippen LogP contribution in [0.15, 0.2) is 48.5 Å². The molecular formula is C22H20FN3O2S. The number of aromatic nitrogens is 1. The Morgan fingerprint density at radius 3 is 2.38 bits per heavy atom. The Morgan fingerprint density at radius 1 is 0.966 bits per heavy atom. The number of nitrogens with zero attached hydrogens (tertiary/aromatic N) is 3. The number of para-hydroxylation sites is 1. The Morgan fingerprint density at radius 2 is 1.66 bits per heavy atom. The van der Waals surface area contributed by atoms with Crippen LogP contribution in [0.5, 0.6) is 0 Å². The van der Waals surface area contributed by atoms with Gasteiger partial charge in [0.25, 0.3) is 5.91 Å². The fourth-order valence-corrected chi connectivity index (χ4v) is 4.94.